The largest absolute Gasteiger partial charge is 0.455 e. The normalized spacial score (nSPS) is 12.9. The van der Waals surface area contributed by atoms with Crippen molar-refractivity contribution >= 4 is 45.3 Å². The Balaban J connectivity index is 1.68. The van der Waals surface area contributed by atoms with Crippen LogP contribution in [-0.4, -0.2) is 26.6 Å². The highest BCUT2D eigenvalue weighted by Crippen LogP contribution is 2.34. The molecule has 0 fully saturated rings. The first-order chi connectivity index (χ1) is 15.6. The van der Waals surface area contributed by atoms with E-state index in [1.165, 1.54) is 18.3 Å². The lowest BCUT2D eigenvalue weighted by molar-refractivity contribution is -0.123. The van der Waals surface area contributed by atoms with Crippen molar-refractivity contribution in [3.8, 4) is 11.3 Å². The third-order valence-corrected chi connectivity index (χ3v) is 7.05. The molecule has 174 valence electrons. The molecule has 1 heterocycles. The fraction of sp³-hybridized carbons (Fsp3) is 0.217. The molecule has 2 N–H and O–H groups in total. The molecule has 2 aromatic carbocycles. The molecule has 10 heteroatoms. The first kappa shape index (κ1) is 25.0. The summed E-state index contributed by atoms with van der Waals surface area (Å²) in [6.07, 6.45) is 1.31. The second-order valence-corrected chi connectivity index (χ2v) is 10.2. The zero-order valence-electron chi connectivity index (χ0n) is 18.2. The van der Waals surface area contributed by atoms with Crippen LogP contribution in [-0.2, 0) is 14.8 Å². The molecule has 0 unspecified atom stereocenters. The number of nitrogens with zero attached hydrogens (tertiary/aromatic N) is 1. The van der Waals surface area contributed by atoms with E-state index >= 15 is 0 Å². The molecular formula is C23H23Cl2N3O4S. The summed E-state index contributed by atoms with van der Waals surface area (Å²) in [7, 11) is -3.88. The van der Waals surface area contributed by atoms with Gasteiger partial charge in [0.25, 0.3) is 5.91 Å². The number of amides is 1. The van der Waals surface area contributed by atoms with E-state index < -0.39 is 22.0 Å². The second kappa shape index (κ2) is 10.5. The van der Waals surface area contributed by atoms with Gasteiger partial charge in [0.05, 0.1) is 21.2 Å². The number of benzene rings is 2. The van der Waals surface area contributed by atoms with Gasteiger partial charge in [0.15, 0.2) is 0 Å². The predicted molar refractivity (Wildman–Crippen MR) is 130 cm³/mol. The SMILES string of the molecule is Cc1ccc(S(=O)(=O)N[C@@H](C(=O)N/N=C\c2ccc(-c3cccc(Cl)c3Cl)o2)C(C)C)cc1. The van der Waals surface area contributed by atoms with E-state index in [1.807, 2.05) is 6.92 Å². The van der Waals surface area contributed by atoms with Crippen LogP contribution >= 0.6 is 23.2 Å². The fourth-order valence-corrected chi connectivity index (χ4v) is 4.67. The van der Waals surface area contributed by atoms with Crippen molar-refractivity contribution in [3.05, 3.63) is 76.0 Å². The van der Waals surface area contributed by atoms with E-state index in [2.05, 4.69) is 15.2 Å². The molecule has 0 saturated heterocycles. The molecule has 0 aliphatic rings. The molecule has 0 radical (unpaired) electrons. The maximum atomic E-state index is 12.7. The van der Waals surface area contributed by atoms with Crippen LogP contribution in [0.15, 0.2) is 69.0 Å². The van der Waals surface area contributed by atoms with Crippen LogP contribution < -0.4 is 10.1 Å². The second-order valence-electron chi connectivity index (χ2n) is 7.69. The van der Waals surface area contributed by atoms with E-state index in [4.69, 9.17) is 27.6 Å². The van der Waals surface area contributed by atoms with Crippen molar-refractivity contribution in [1.29, 1.82) is 0 Å². The van der Waals surface area contributed by atoms with Gasteiger partial charge < -0.3 is 4.42 Å². The first-order valence-corrected chi connectivity index (χ1v) is 12.3. The van der Waals surface area contributed by atoms with E-state index in [9.17, 15) is 13.2 Å². The number of halogens is 2. The summed E-state index contributed by atoms with van der Waals surface area (Å²) in [4.78, 5) is 12.7. The molecule has 3 rings (SSSR count). The van der Waals surface area contributed by atoms with Gasteiger partial charge in [0.2, 0.25) is 10.0 Å². The van der Waals surface area contributed by atoms with Gasteiger partial charge in [-0.25, -0.2) is 13.8 Å². The quantitative estimate of drug-likeness (QED) is 0.330. The molecule has 7 nitrogen and oxygen atoms in total. The van der Waals surface area contributed by atoms with Gasteiger partial charge in [-0.05, 0) is 49.2 Å². The van der Waals surface area contributed by atoms with Crippen molar-refractivity contribution in [1.82, 2.24) is 10.1 Å². The number of hydrogen-bond acceptors (Lipinski definition) is 5. The summed E-state index contributed by atoms with van der Waals surface area (Å²) >= 11 is 12.3. The highest BCUT2D eigenvalue weighted by molar-refractivity contribution is 7.89. The van der Waals surface area contributed by atoms with Crippen molar-refractivity contribution in [2.75, 3.05) is 0 Å². The van der Waals surface area contributed by atoms with E-state index in [-0.39, 0.29) is 10.8 Å². The molecule has 0 aliphatic carbocycles. The number of hydrogen-bond donors (Lipinski definition) is 2. The third kappa shape index (κ3) is 6.23. The standard InChI is InChI=1S/C23H23Cl2N3O4S/c1-14(2)22(28-33(30,31)17-10-7-15(3)8-11-17)23(29)27-26-13-16-9-12-20(32-16)18-5-4-6-19(24)21(18)25/h4-14,22,28H,1-3H3,(H,27,29)/b26-13-/t22-/m1/s1. The number of sulfonamides is 1. The summed E-state index contributed by atoms with van der Waals surface area (Å²) in [5.41, 5.74) is 3.92. The summed E-state index contributed by atoms with van der Waals surface area (Å²) < 4.78 is 33.5. The smallest absolute Gasteiger partial charge is 0.258 e. The molecule has 1 atom stereocenters. The molecule has 33 heavy (non-hydrogen) atoms. The highest BCUT2D eigenvalue weighted by Gasteiger charge is 2.28. The number of furan rings is 1. The van der Waals surface area contributed by atoms with Crippen LogP contribution in [0.25, 0.3) is 11.3 Å². The Morgan fingerprint density at radius 2 is 1.76 bits per heavy atom. The number of nitrogens with one attached hydrogen (secondary N) is 2. The van der Waals surface area contributed by atoms with Crippen LogP contribution in [0.3, 0.4) is 0 Å². The van der Waals surface area contributed by atoms with Crippen LogP contribution in [0.4, 0.5) is 0 Å². The zero-order valence-corrected chi connectivity index (χ0v) is 20.5. The highest BCUT2D eigenvalue weighted by atomic mass is 35.5. The van der Waals surface area contributed by atoms with Crippen LogP contribution in [0.2, 0.25) is 10.0 Å². The lowest BCUT2D eigenvalue weighted by Crippen LogP contribution is -2.48. The van der Waals surface area contributed by atoms with Crippen LogP contribution in [0, 0.1) is 12.8 Å². The molecule has 3 aromatic rings. The van der Waals surface area contributed by atoms with Gasteiger partial charge in [0.1, 0.15) is 17.6 Å². The summed E-state index contributed by atoms with van der Waals surface area (Å²) in [5.74, 6) is -0.0638. The van der Waals surface area contributed by atoms with Crippen LogP contribution in [0.1, 0.15) is 25.2 Å². The minimum absolute atomic E-state index is 0.0813. The van der Waals surface area contributed by atoms with Crippen molar-refractivity contribution in [3.63, 3.8) is 0 Å². The van der Waals surface area contributed by atoms with Crippen molar-refractivity contribution in [2.24, 2.45) is 11.0 Å². The van der Waals surface area contributed by atoms with Crippen LogP contribution in [0.5, 0.6) is 0 Å². The first-order valence-electron chi connectivity index (χ1n) is 10.0. The van der Waals surface area contributed by atoms with Gasteiger partial charge in [-0.3, -0.25) is 4.79 Å². The molecule has 1 aromatic heterocycles. The molecule has 0 bridgehead atoms. The Kier molecular flexibility index (Phi) is 7.97. The number of rotatable bonds is 8. The average Bonchev–Trinajstić information content (AvgIpc) is 3.22. The maximum Gasteiger partial charge on any atom is 0.258 e. The fourth-order valence-electron chi connectivity index (χ4n) is 2.94. The van der Waals surface area contributed by atoms with E-state index in [0.29, 0.717) is 27.1 Å². The average molecular weight is 508 g/mol. The van der Waals surface area contributed by atoms with Gasteiger partial charge in [-0.2, -0.15) is 9.82 Å². The minimum Gasteiger partial charge on any atom is -0.455 e. The van der Waals surface area contributed by atoms with Gasteiger partial charge in [0, 0.05) is 5.56 Å². The molecule has 0 saturated carbocycles. The summed E-state index contributed by atoms with van der Waals surface area (Å²) in [5, 5.41) is 4.66. The number of carbonyl (C=O) groups is 1. The Labute approximate surface area is 202 Å². The molecular weight excluding hydrogens is 485 g/mol. The topological polar surface area (TPSA) is 101 Å². The van der Waals surface area contributed by atoms with Gasteiger partial charge >= 0.3 is 0 Å². The summed E-state index contributed by atoms with van der Waals surface area (Å²) in [6.45, 7) is 5.33. The number of carbonyl (C=O) groups excluding carboxylic acids is 1. The molecule has 0 spiro atoms. The Bertz CT molecular complexity index is 1270. The predicted octanol–water partition coefficient (Wildman–Crippen LogP) is 5.02. The zero-order chi connectivity index (χ0) is 24.2. The summed E-state index contributed by atoms with van der Waals surface area (Å²) in [6, 6.07) is 13.9. The van der Waals surface area contributed by atoms with Gasteiger partial charge in [-0.1, -0.05) is 60.8 Å². The Morgan fingerprint density at radius 3 is 2.42 bits per heavy atom. The number of hydrazone groups is 1. The Morgan fingerprint density at radius 1 is 1.06 bits per heavy atom. The lowest BCUT2D eigenvalue weighted by Gasteiger charge is -2.20. The van der Waals surface area contributed by atoms with E-state index in [1.54, 1.807) is 56.3 Å². The molecule has 0 aliphatic heterocycles. The van der Waals surface area contributed by atoms with Crippen molar-refractivity contribution < 1.29 is 17.6 Å². The monoisotopic (exact) mass is 507 g/mol. The minimum atomic E-state index is -3.88. The molecule has 1 amide bonds. The third-order valence-electron chi connectivity index (χ3n) is 4.77. The van der Waals surface area contributed by atoms with Gasteiger partial charge in [-0.15, -0.1) is 0 Å². The lowest BCUT2D eigenvalue weighted by atomic mass is 10.1. The number of aryl methyl sites for hydroxylation is 1. The van der Waals surface area contributed by atoms with E-state index in [0.717, 1.165) is 5.56 Å². The van der Waals surface area contributed by atoms with Crippen molar-refractivity contribution in [2.45, 2.75) is 31.7 Å². The Hall–Kier alpha value is -2.65. The maximum absolute atomic E-state index is 12.7.